The van der Waals surface area contributed by atoms with Crippen LogP contribution in [0.4, 0.5) is 0 Å². The highest BCUT2D eigenvalue weighted by molar-refractivity contribution is 4.99. The fourth-order valence-corrected chi connectivity index (χ4v) is 3.55. The quantitative estimate of drug-likeness (QED) is 0.736. The molecule has 1 fully saturated rings. The number of hydrogen-bond donors (Lipinski definition) is 0. The van der Waals surface area contributed by atoms with Crippen LogP contribution in [0.3, 0.4) is 0 Å². The van der Waals surface area contributed by atoms with Crippen LogP contribution in [0.15, 0.2) is 12.3 Å². The Balaban J connectivity index is 2.77. The van der Waals surface area contributed by atoms with Gasteiger partial charge in [-0.2, -0.15) is 0 Å². The van der Waals surface area contributed by atoms with E-state index in [4.69, 9.17) is 0 Å². The minimum absolute atomic E-state index is 0.568. The van der Waals surface area contributed by atoms with Crippen molar-refractivity contribution in [1.29, 1.82) is 0 Å². The van der Waals surface area contributed by atoms with Gasteiger partial charge in [0.1, 0.15) is 0 Å². The van der Waals surface area contributed by atoms with Crippen molar-refractivity contribution in [2.75, 3.05) is 6.54 Å². The zero-order chi connectivity index (χ0) is 14.6. The van der Waals surface area contributed by atoms with E-state index in [-0.39, 0.29) is 0 Å². The van der Waals surface area contributed by atoms with Crippen LogP contribution in [0.2, 0.25) is 0 Å². The van der Waals surface area contributed by atoms with Crippen molar-refractivity contribution in [3.05, 3.63) is 12.3 Å². The molecule has 1 aliphatic rings. The number of rotatable bonds is 2. The molecule has 2 atom stereocenters. The summed E-state index contributed by atoms with van der Waals surface area (Å²) >= 11 is 0. The first-order valence-corrected chi connectivity index (χ1v) is 8.06. The van der Waals surface area contributed by atoms with Gasteiger partial charge >= 0.3 is 0 Å². The van der Waals surface area contributed by atoms with Crippen molar-refractivity contribution in [3.63, 3.8) is 0 Å². The Hall–Kier alpha value is -0.500. The molecule has 0 aromatic carbocycles. The van der Waals surface area contributed by atoms with Gasteiger partial charge in [0.2, 0.25) is 0 Å². The summed E-state index contributed by atoms with van der Waals surface area (Å²) < 4.78 is 0. The Labute approximate surface area is 120 Å². The van der Waals surface area contributed by atoms with Gasteiger partial charge < -0.3 is 4.90 Å². The molecule has 2 heteroatoms. The minimum Gasteiger partial charge on any atom is -0.370 e. The molecular weight excluding hydrogens is 232 g/mol. The number of nitrogens with zero attached hydrogens (tertiary/aromatic N) is 2. The largest absolute Gasteiger partial charge is 0.370 e. The van der Waals surface area contributed by atoms with E-state index in [0.29, 0.717) is 24.2 Å². The lowest BCUT2D eigenvalue weighted by Gasteiger charge is -2.40. The topological polar surface area (TPSA) is 6.48 Å². The number of allylic oxidation sites excluding steroid dienone is 1. The van der Waals surface area contributed by atoms with E-state index in [1.807, 2.05) is 0 Å². The molecule has 0 aromatic heterocycles. The predicted octanol–water partition coefficient (Wildman–Crippen LogP) is 4.27. The zero-order valence-electron chi connectivity index (χ0n) is 13.9. The summed E-state index contributed by atoms with van der Waals surface area (Å²) in [7, 11) is 0. The van der Waals surface area contributed by atoms with Gasteiger partial charge in [0.05, 0.1) is 0 Å². The molecule has 0 aromatic rings. The third-order valence-corrected chi connectivity index (χ3v) is 4.51. The molecule has 2 unspecified atom stereocenters. The molecule has 1 saturated heterocycles. The van der Waals surface area contributed by atoms with Crippen molar-refractivity contribution >= 4 is 0 Å². The molecule has 1 heterocycles. The maximum atomic E-state index is 4.35. The lowest BCUT2D eigenvalue weighted by Crippen LogP contribution is -2.43. The summed E-state index contributed by atoms with van der Waals surface area (Å²) in [5, 5.41) is 0. The van der Waals surface area contributed by atoms with Crippen LogP contribution in [0.5, 0.6) is 0 Å². The summed E-state index contributed by atoms with van der Waals surface area (Å²) in [6.45, 7) is 19.5. The molecule has 0 amide bonds. The summed E-state index contributed by atoms with van der Waals surface area (Å²) in [5.41, 5.74) is 1.33. The smallest absolute Gasteiger partial charge is 0.0261 e. The highest BCUT2D eigenvalue weighted by Gasteiger charge is 2.23. The molecule has 0 spiro atoms. The molecule has 0 saturated carbocycles. The molecule has 0 bridgehead atoms. The van der Waals surface area contributed by atoms with E-state index < -0.39 is 0 Å². The predicted molar refractivity (Wildman–Crippen MR) is 85.3 cm³/mol. The summed E-state index contributed by atoms with van der Waals surface area (Å²) in [6, 6.07) is 2.51. The van der Waals surface area contributed by atoms with Gasteiger partial charge in [0.25, 0.3) is 0 Å². The normalized spacial score (nSPS) is 28.2. The maximum absolute atomic E-state index is 4.35. The SMILES string of the molecule is C=C1CCC(C)N(C(C)C)CCCC(C)N1C(C)C. The van der Waals surface area contributed by atoms with Crippen LogP contribution in [-0.2, 0) is 0 Å². The highest BCUT2D eigenvalue weighted by Crippen LogP contribution is 2.24. The van der Waals surface area contributed by atoms with Gasteiger partial charge in [-0.1, -0.05) is 6.58 Å². The summed E-state index contributed by atoms with van der Waals surface area (Å²) in [4.78, 5) is 5.20. The monoisotopic (exact) mass is 266 g/mol. The minimum atomic E-state index is 0.568. The third kappa shape index (κ3) is 4.52. The highest BCUT2D eigenvalue weighted by atomic mass is 15.2. The average Bonchev–Trinajstić information content (AvgIpc) is 2.30. The Kier molecular flexibility index (Phi) is 6.38. The fourth-order valence-electron chi connectivity index (χ4n) is 3.55. The maximum Gasteiger partial charge on any atom is 0.0261 e. The van der Waals surface area contributed by atoms with Crippen LogP contribution in [0.25, 0.3) is 0 Å². The van der Waals surface area contributed by atoms with E-state index in [9.17, 15) is 0 Å². The van der Waals surface area contributed by atoms with Crippen molar-refractivity contribution in [3.8, 4) is 0 Å². The molecule has 0 N–H and O–H groups in total. The number of hydrogen-bond acceptors (Lipinski definition) is 2. The van der Waals surface area contributed by atoms with Gasteiger partial charge in [-0.3, -0.25) is 4.90 Å². The third-order valence-electron chi connectivity index (χ3n) is 4.51. The van der Waals surface area contributed by atoms with E-state index >= 15 is 0 Å². The zero-order valence-corrected chi connectivity index (χ0v) is 13.9. The van der Waals surface area contributed by atoms with E-state index in [0.717, 1.165) is 6.42 Å². The van der Waals surface area contributed by atoms with Crippen molar-refractivity contribution in [1.82, 2.24) is 9.80 Å². The molecule has 112 valence electrons. The van der Waals surface area contributed by atoms with Gasteiger partial charge in [0.15, 0.2) is 0 Å². The summed E-state index contributed by atoms with van der Waals surface area (Å²) in [5.74, 6) is 0. The van der Waals surface area contributed by atoms with Crippen LogP contribution < -0.4 is 0 Å². The molecule has 0 radical (unpaired) electrons. The second kappa shape index (κ2) is 7.33. The Morgan fingerprint density at radius 3 is 2.16 bits per heavy atom. The van der Waals surface area contributed by atoms with Gasteiger partial charge in [-0.05, 0) is 73.8 Å². The molecule has 1 aliphatic heterocycles. The lowest BCUT2D eigenvalue weighted by atomic mass is 10.0. The molecule has 0 aliphatic carbocycles. The fraction of sp³-hybridized carbons (Fsp3) is 0.882. The first kappa shape index (κ1) is 16.6. The van der Waals surface area contributed by atoms with E-state index in [2.05, 4.69) is 57.9 Å². The van der Waals surface area contributed by atoms with Crippen LogP contribution in [0.1, 0.15) is 67.2 Å². The molecule has 19 heavy (non-hydrogen) atoms. The Morgan fingerprint density at radius 1 is 1.00 bits per heavy atom. The Morgan fingerprint density at radius 2 is 1.63 bits per heavy atom. The van der Waals surface area contributed by atoms with Crippen LogP contribution in [-0.4, -0.2) is 40.5 Å². The second-order valence-electron chi connectivity index (χ2n) is 6.78. The second-order valence-corrected chi connectivity index (χ2v) is 6.78. The van der Waals surface area contributed by atoms with Gasteiger partial charge in [-0.15, -0.1) is 0 Å². The lowest BCUT2D eigenvalue weighted by molar-refractivity contribution is 0.125. The first-order valence-electron chi connectivity index (χ1n) is 8.06. The van der Waals surface area contributed by atoms with Crippen LogP contribution >= 0.6 is 0 Å². The van der Waals surface area contributed by atoms with Gasteiger partial charge in [0, 0.05) is 29.9 Å². The molecule has 1 rings (SSSR count). The standard InChI is InChI=1S/C17H34N2/c1-13(2)18-12-8-9-16(6)19(14(3)4)17(7)11-10-15(18)5/h13-16H,7-12H2,1-6H3. The van der Waals surface area contributed by atoms with Crippen LogP contribution in [0, 0.1) is 0 Å². The van der Waals surface area contributed by atoms with Crippen molar-refractivity contribution < 1.29 is 0 Å². The molecule has 2 nitrogen and oxygen atoms in total. The van der Waals surface area contributed by atoms with Crippen molar-refractivity contribution in [2.24, 2.45) is 0 Å². The van der Waals surface area contributed by atoms with Crippen molar-refractivity contribution in [2.45, 2.75) is 91.4 Å². The molecular formula is C17H34N2. The van der Waals surface area contributed by atoms with Gasteiger partial charge in [-0.25, -0.2) is 0 Å². The van der Waals surface area contributed by atoms with E-state index in [1.54, 1.807) is 0 Å². The summed E-state index contributed by atoms with van der Waals surface area (Å²) in [6.07, 6.45) is 4.92. The van der Waals surface area contributed by atoms with E-state index in [1.165, 1.54) is 31.5 Å². The Bertz CT molecular complexity index is 283. The average molecular weight is 266 g/mol. The first-order chi connectivity index (χ1) is 8.84.